The zero-order valence-electron chi connectivity index (χ0n) is 9.04. The van der Waals surface area contributed by atoms with Crippen molar-refractivity contribution in [1.82, 2.24) is 9.78 Å². The van der Waals surface area contributed by atoms with Gasteiger partial charge in [0.2, 0.25) is 0 Å². The zero-order valence-corrected chi connectivity index (χ0v) is 9.93. The van der Waals surface area contributed by atoms with Crippen molar-refractivity contribution in [3.05, 3.63) is 18.0 Å². The Kier molecular flexibility index (Phi) is 4.70. The second-order valence-corrected chi connectivity index (χ2v) is 4.34. The van der Waals surface area contributed by atoms with Gasteiger partial charge in [0.1, 0.15) is 0 Å². The SMILES string of the molecule is CC(CCS)CCn1cc(C(F)(F)F)cn1. The molecule has 92 valence electrons. The van der Waals surface area contributed by atoms with Crippen molar-refractivity contribution in [2.24, 2.45) is 5.92 Å². The molecule has 1 atom stereocenters. The fraction of sp³-hybridized carbons (Fsp3) is 0.700. The largest absolute Gasteiger partial charge is 0.419 e. The average molecular weight is 252 g/mol. The summed E-state index contributed by atoms with van der Waals surface area (Å²) in [5.41, 5.74) is -0.686. The summed E-state index contributed by atoms with van der Waals surface area (Å²) >= 11 is 4.11. The molecular formula is C10H15F3N2S. The number of alkyl halides is 3. The van der Waals surface area contributed by atoms with Crippen molar-refractivity contribution in [3.8, 4) is 0 Å². The molecule has 0 fully saturated rings. The molecule has 6 heteroatoms. The maximum absolute atomic E-state index is 12.3. The second-order valence-electron chi connectivity index (χ2n) is 3.90. The Hall–Kier alpha value is -0.650. The fourth-order valence-electron chi connectivity index (χ4n) is 1.35. The molecule has 0 aromatic carbocycles. The first kappa shape index (κ1) is 13.4. The highest BCUT2D eigenvalue weighted by molar-refractivity contribution is 7.80. The van der Waals surface area contributed by atoms with Crippen molar-refractivity contribution in [2.75, 3.05) is 5.75 Å². The number of nitrogens with zero attached hydrogens (tertiary/aromatic N) is 2. The van der Waals surface area contributed by atoms with E-state index in [-0.39, 0.29) is 0 Å². The van der Waals surface area contributed by atoms with Crippen LogP contribution in [0.25, 0.3) is 0 Å². The first-order chi connectivity index (χ1) is 7.43. The molecule has 1 aromatic rings. The summed E-state index contributed by atoms with van der Waals surface area (Å²) in [5, 5.41) is 3.69. The number of rotatable bonds is 5. The Morgan fingerprint density at radius 1 is 1.44 bits per heavy atom. The van der Waals surface area contributed by atoms with Crippen molar-refractivity contribution in [3.63, 3.8) is 0 Å². The molecule has 1 rings (SSSR count). The van der Waals surface area contributed by atoms with E-state index in [1.807, 2.05) is 0 Å². The van der Waals surface area contributed by atoms with Crippen LogP contribution in [-0.2, 0) is 12.7 Å². The van der Waals surface area contributed by atoms with Crippen LogP contribution < -0.4 is 0 Å². The fourth-order valence-corrected chi connectivity index (χ4v) is 1.79. The standard InChI is InChI=1S/C10H15F3N2S/c1-8(3-5-16)2-4-15-7-9(6-14-15)10(11,12)13/h6-8,16H,2-5H2,1H3. The summed E-state index contributed by atoms with van der Waals surface area (Å²) in [6.07, 6.45) is -0.596. The van der Waals surface area contributed by atoms with Gasteiger partial charge in [0, 0.05) is 12.7 Å². The van der Waals surface area contributed by atoms with E-state index in [1.165, 1.54) is 4.68 Å². The molecule has 0 spiro atoms. The molecule has 16 heavy (non-hydrogen) atoms. The first-order valence-electron chi connectivity index (χ1n) is 5.14. The molecule has 0 N–H and O–H groups in total. The number of thiol groups is 1. The highest BCUT2D eigenvalue weighted by Crippen LogP contribution is 2.28. The number of hydrogen-bond donors (Lipinski definition) is 1. The van der Waals surface area contributed by atoms with Gasteiger partial charge in [-0.3, -0.25) is 4.68 Å². The summed E-state index contributed by atoms with van der Waals surface area (Å²) < 4.78 is 38.1. The molecule has 0 bridgehead atoms. The Labute approximate surface area is 98.2 Å². The number of aromatic nitrogens is 2. The minimum Gasteiger partial charge on any atom is -0.272 e. The van der Waals surface area contributed by atoms with Gasteiger partial charge in [0.05, 0.1) is 11.8 Å². The Morgan fingerprint density at radius 3 is 2.62 bits per heavy atom. The van der Waals surface area contributed by atoms with Gasteiger partial charge >= 0.3 is 6.18 Å². The van der Waals surface area contributed by atoms with Crippen LogP contribution in [0.3, 0.4) is 0 Å². The van der Waals surface area contributed by atoms with E-state index in [1.54, 1.807) is 0 Å². The summed E-state index contributed by atoms with van der Waals surface area (Å²) in [5.74, 6) is 1.25. The third kappa shape index (κ3) is 4.08. The normalized spacial score (nSPS) is 14.1. The summed E-state index contributed by atoms with van der Waals surface area (Å²) in [6, 6.07) is 0. The highest BCUT2D eigenvalue weighted by atomic mass is 32.1. The molecular weight excluding hydrogens is 237 g/mol. The zero-order chi connectivity index (χ0) is 12.2. The lowest BCUT2D eigenvalue weighted by Crippen LogP contribution is -2.06. The smallest absolute Gasteiger partial charge is 0.272 e. The molecule has 1 heterocycles. The van der Waals surface area contributed by atoms with Crippen molar-refractivity contribution in [2.45, 2.75) is 32.5 Å². The van der Waals surface area contributed by atoms with E-state index in [9.17, 15) is 13.2 Å². The van der Waals surface area contributed by atoms with Gasteiger partial charge in [-0.1, -0.05) is 6.92 Å². The Bertz CT molecular complexity index is 322. The summed E-state index contributed by atoms with van der Waals surface area (Å²) in [4.78, 5) is 0. The minimum atomic E-state index is -4.30. The van der Waals surface area contributed by atoms with Crippen LogP contribution in [0.2, 0.25) is 0 Å². The summed E-state index contributed by atoms with van der Waals surface area (Å²) in [6.45, 7) is 2.58. The van der Waals surface area contributed by atoms with Gasteiger partial charge in [0.25, 0.3) is 0 Å². The lowest BCUT2D eigenvalue weighted by atomic mass is 10.1. The lowest BCUT2D eigenvalue weighted by Gasteiger charge is -2.09. The van der Waals surface area contributed by atoms with Gasteiger partial charge in [-0.25, -0.2) is 0 Å². The molecule has 0 aliphatic rings. The molecule has 1 unspecified atom stereocenters. The lowest BCUT2D eigenvalue weighted by molar-refractivity contribution is -0.137. The van der Waals surface area contributed by atoms with Crippen molar-refractivity contribution < 1.29 is 13.2 Å². The maximum Gasteiger partial charge on any atom is 0.419 e. The molecule has 2 nitrogen and oxygen atoms in total. The van der Waals surface area contributed by atoms with Crippen molar-refractivity contribution in [1.29, 1.82) is 0 Å². The minimum absolute atomic E-state index is 0.455. The average Bonchev–Trinajstić information content (AvgIpc) is 2.63. The van der Waals surface area contributed by atoms with Crippen LogP contribution >= 0.6 is 12.6 Å². The molecule has 0 amide bonds. The third-order valence-corrected chi connectivity index (χ3v) is 2.69. The van der Waals surface area contributed by atoms with Gasteiger partial charge in [-0.05, 0) is 24.5 Å². The van der Waals surface area contributed by atoms with Crippen LogP contribution in [-0.4, -0.2) is 15.5 Å². The van der Waals surface area contributed by atoms with E-state index in [2.05, 4.69) is 24.7 Å². The first-order valence-corrected chi connectivity index (χ1v) is 5.77. The Balaban J connectivity index is 2.47. The molecule has 0 aliphatic carbocycles. The van der Waals surface area contributed by atoms with Crippen LogP contribution in [0.4, 0.5) is 13.2 Å². The number of halogens is 3. The molecule has 0 saturated heterocycles. The van der Waals surface area contributed by atoms with Gasteiger partial charge < -0.3 is 0 Å². The van der Waals surface area contributed by atoms with E-state index in [0.717, 1.165) is 31.0 Å². The van der Waals surface area contributed by atoms with Crippen LogP contribution in [0.15, 0.2) is 12.4 Å². The molecule has 1 aromatic heterocycles. The van der Waals surface area contributed by atoms with Gasteiger partial charge in [-0.15, -0.1) is 0 Å². The van der Waals surface area contributed by atoms with Crippen LogP contribution in [0, 0.1) is 5.92 Å². The third-order valence-electron chi connectivity index (χ3n) is 2.43. The van der Waals surface area contributed by atoms with Gasteiger partial charge in [-0.2, -0.15) is 30.9 Å². The predicted molar refractivity (Wildman–Crippen MR) is 59.5 cm³/mol. The molecule has 0 saturated carbocycles. The predicted octanol–water partition coefficient (Wildman–Crippen LogP) is 3.25. The van der Waals surface area contributed by atoms with E-state index < -0.39 is 11.7 Å². The number of hydrogen-bond acceptors (Lipinski definition) is 2. The molecule has 0 aliphatic heterocycles. The molecule has 0 radical (unpaired) electrons. The highest BCUT2D eigenvalue weighted by Gasteiger charge is 2.32. The van der Waals surface area contributed by atoms with E-state index in [4.69, 9.17) is 0 Å². The van der Waals surface area contributed by atoms with Crippen LogP contribution in [0.1, 0.15) is 25.3 Å². The second kappa shape index (κ2) is 5.61. The van der Waals surface area contributed by atoms with Crippen LogP contribution in [0.5, 0.6) is 0 Å². The summed E-state index contributed by atoms with van der Waals surface area (Å²) in [7, 11) is 0. The topological polar surface area (TPSA) is 17.8 Å². The van der Waals surface area contributed by atoms with Crippen molar-refractivity contribution >= 4 is 12.6 Å². The number of aryl methyl sites for hydroxylation is 1. The quantitative estimate of drug-likeness (QED) is 0.796. The maximum atomic E-state index is 12.3. The van der Waals surface area contributed by atoms with Gasteiger partial charge in [0.15, 0.2) is 0 Å². The van der Waals surface area contributed by atoms with E-state index in [0.29, 0.717) is 12.5 Å². The van der Waals surface area contributed by atoms with E-state index >= 15 is 0 Å². The Morgan fingerprint density at radius 2 is 2.12 bits per heavy atom. The monoisotopic (exact) mass is 252 g/mol.